The van der Waals surface area contributed by atoms with Gasteiger partial charge in [-0.1, -0.05) is 0 Å². The van der Waals surface area contributed by atoms with Gasteiger partial charge in [0.2, 0.25) is 0 Å². The van der Waals surface area contributed by atoms with Crippen LogP contribution in [0.5, 0.6) is 11.5 Å². The Kier molecular flexibility index (Phi) is 4.57. The molecule has 0 aliphatic carbocycles. The van der Waals surface area contributed by atoms with Gasteiger partial charge in [-0.2, -0.15) is 0 Å². The van der Waals surface area contributed by atoms with E-state index in [4.69, 9.17) is 15.2 Å². The van der Waals surface area contributed by atoms with E-state index in [1.54, 1.807) is 43.6 Å². The van der Waals surface area contributed by atoms with Gasteiger partial charge in [-0.05, 0) is 47.1 Å². The maximum Gasteiger partial charge on any atom is 0.340 e. The second-order valence-electron chi connectivity index (χ2n) is 3.91. The Morgan fingerprint density at radius 3 is 2.80 bits per heavy atom. The molecule has 104 valence electrons. The number of ether oxygens (including phenoxy) is 2. The molecule has 1 aromatic heterocycles. The highest BCUT2D eigenvalue weighted by atomic mass is 79.9. The lowest BCUT2D eigenvalue weighted by molar-refractivity contribution is 0.0527. The Morgan fingerprint density at radius 2 is 2.10 bits per heavy atom. The minimum absolute atomic E-state index is 0.285. The molecule has 0 unspecified atom stereocenters. The predicted molar refractivity (Wildman–Crippen MR) is 78.8 cm³/mol. The van der Waals surface area contributed by atoms with Crippen LogP contribution in [0.4, 0.5) is 5.69 Å². The quantitative estimate of drug-likeness (QED) is 0.684. The molecule has 1 heterocycles. The monoisotopic (exact) mass is 336 g/mol. The highest BCUT2D eigenvalue weighted by Gasteiger charge is 2.12. The minimum atomic E-state index is -0.470. The van der Waals surface area contributed by atoms with E-state index in [0.717, 1.165) is 4.47 Å². The van der Waals surface area contributed by atoms with E-state index < -0.39 is 5.97 Å². The summed E-state index contributed by atoms with van der Waals surface area (Å²) >= 11 is 3.31. The molecule has 0 aliphatic heterocycles. The number of nitrogens with two attached hydrogens (primary N) is 1. The second kappa shape index (κ2) is 6.38. The number of pyridine rings is 1. The van der Waals surface area contributed by atoms with Crippen LogP contribution in [-0.2, 0) is 4.74 Å². The molecule has 20 heavy (non-hydrogen) atoms. The molecule has 0 saturated heterocycles. The van der Waals surface area contributed by atoms with Crippen LogP contribution < -0.4 is 10.5 Å². The van der Waals surface area contributed by atoms with Crippen molar-refractivity contribution in [3.05, 3.63) is 46.7 Å². The summed E-state index contributed by atoms with van der Waals surface area (Å²) in [5.74, 6) is 0.573. The number of rotatable bonds is 4. The van der Waals surface area contributed by atoms with Gasteiger partial charge in [0.15, 0.2) is 0 Å². The van der Waals surface area contributed by atoms with E-state index in [1.807, 2.05) is 0 Å². The van der Waals surface area contributed by atoms with Crippen molar-refractivity contribution in [2.75, 3.05) is 12.3 Å². The van der Waals surface area contributed by atoms with Crippen LogP contribution in [0.3, 0.4) is 0 Å². The van der Waals surface area contributed by atoms with E-state index in [9.17, 15) is 4.79 Å². The van der Waals surface area contributed by atoms with Gasteiger partial charge in [0.05, 0.1) is 18.4 Å². The molecule has 0 amide bonds. The zero-order chi connectivity index (χ0) is 14.5. The van der Waals surface area contributed by atoms with Crippen molar-refractivity contribution in [2.24, 2.45) is 0 Å². The average Bonchev–Trinajstić information content (AvgIpc) is 2.41. The zero-order valence-electron chi connectivity index (χ0n) is 10.8. The second-order valence-corrected chi connectivity index (χ2v) is 4.83. The number of benzene rings is 1. The van der Waals surface area contributed by atoms with Gasteiger partial charge >= 0.3 is 5.97 Å². The lowest BCUT2D eigenvalue weighted by Gasteiger charge is -2.09. The number of carbonyl (C=O) groups excluding carboxylic acids is 1. The van der Waals surface area contributed by atoms with Crippen LogP contribution in [0.2, 0.25) is 0 Å². The third kappa shape index (κ3) is 3.48. The van der Waals surface area contributed by atoms with E-state index in [1.165, 1.54) is 0 Å². The number of esters is 1. The summed E-state index contributed by atoms with van der Waals surface area (Å²) in [5.41, 5.74) is 6.40. The van der Waals surface area contributed by atoms with Gasteiger partial charge in [-0.3, -0.25) is 4.98 Å². The molecule has 0 fully saturated rings. The minimum Gasteiger partial charge on any atom is -0.462 e. The maximum absolute atomic E-state index is 11.7. The first-order valence-electron chi connectivity index (χ1n) is 5.95. The van der Waals surface area contributed by atoms with E-state index in [-0.39, 0.29) is 5.56 Å². The largest absolute Gasteiger partial charge is 0.462 e. The maximum atomic E-state index is 11.7. The number of hydrogen-bond acceptors (Lipinski definition) is 5. The van der Waals surface area contributed by atoms with Crippen molar-refractivity contribution in [3.8, 4) is 11.5 Å². The number of halogens is 1. The lowest BCUT2D eigenvalue weighted by Crippen LogP contribution is -2.08. The molecule has 0 atom stereocenters. The number of nitrogen functional groups attached to an aromatic ring is 1. The van der Waals surface area contributed by atoms with Crippen molar-refractivity contribution >= 4 is 27.6 Å². The summed E-state index contributed by atoms with van der Waals surface area (Å²) in [6.07, 6.45) is 3.23. The molecule has 0 radical (unpaired) electrons. The van der Waals surface area contributed by atoms with Crippen LogP contribution in [0.15, 0.2) is 41.1 Å². The highest BCUT2D eigenvalue weighted by molar-refractivity contribution is 9.10. The third-order valence-electron chi connectivity index (χ3n) is 2.44. The van der Waals surface area contributed by atoms with Gasteiger partial charge in [0, 0.05) is 16.4 Å². The molecule has 0 bridgehead atoms. The predicted octanol–water partition coefficient (Wildman–Crippen LogP) is 3.40. The zero-order valence-corrected chi connectivity index (χ0v) is 12.4. The first-order chi connectivity index (χ1) is 9.60. The Balaban J connectivity index is 2.25. The summed E-state index contributed by atoms with van der Waals surface area (Å²) in [4.78, 5) is 15.7. The van der Waals surface area contributed by atoms with Gasteiger partial charge in [0.1, 0.15) is 11.5 Å². The molecule has 6 heteroatoms. The van der Waals surface area contributed by atoms with Gasteiger partial charge in [0.25, 0.3) is 0 Å². The lowest BCUT2D eigenvalue weighted by atomic mass is 10.1. The van der Waals surface area contributed by atoms with Crippen molar-refractivity contribution < 1.29 is 14.3 Å². The van der Waals surface area contributed by atoms with E-state index >= 15 is 0 Å². The molecular weight excluding hydrogens is 324 g/mol. The molecule has 2 aromatic rings. The van der Waals surface area contributed by atoms with Crippen molar-refractivity contribution in [3.63, 3.8) is 0 Å². The summed E-state index contributed by atoms with van der Waals surface area (Å²) in [5, 5.41) is 0. The molecular formula is C14H13BrN2O3. The van der Waals surface area contributed by atoms with Crippen molar-refractivity contribution in [1.29, 1.82) is 0 Å². The number of aromatic nitrogens is 1. The third-order valence-corrected chi connectivity index (χ3v) is 2.87. The summed E-state index contributed by atoms with van der Waals surface area (Å²) in [6.45, 7) is 2.03. The van der Waals surface area contributed by atoms with Gasteiger partial charge < -0.3 is 15.2 Å². The molecule has 2 rings (SSSR count). The number of nitrogens with zero attached hydrogens (tertiary/aromatic N) is 1. The molecule has 1 aromatic carbocycles. The van der Waals surface area contributed by atoms with Crippen LogP contribution >= 0.6 is 15.9 Å². The van der Waals surface area contributed by atoms with Crippen molar-refractivity contribution in [1.82, 2.24) is 4.98 Å². The number of carbonyl (C=O) groups is 1. The van der Waals surface area contributed by atoms with E-state index in [0.29, 0.717) is 23.8 Å². The smallest absolute Gasteiger partial charge is 0.340 e. The van der Waals surface area contributed by atoms with Crippen LogP contribution in [-0.4, -0.2) is 17.6 Å². The Bertz CT molecular complexity index is 632. The van der Waals surface area contributed by atoms with Crippen molar-refractivity contribution in [2.45, 2.75) is 6.92 Å². The van der Waals surface area contributed by atoms with Gasteiger partial charge in [-0.15, -0.1) is 0 Å². The molecule has 0 aliphatic rings. The summed E-state index contributed by atoms with van der Waals surface area (Å²) < 4.78 is 11.4. The SMILES string of the molecule is CCOC(=O)c1cc(Oc2cncc(Br)c2)ccc1N. The van der Waals surface area contributed by atoms with Crippen LogP contribution in [0.1, 0.15) is 17.3 Å². The molecule has 5 nitrogen and oxygen atoms in total. The topological polar surface area (TPSA) is 74.4 Å². The first-order valence-corrected chi connectivity index (χ1v) is 6.74. The average molecular weight is 337 g/mol. The standard InChI is InChI=1S/C14H13BrN2O3/c1-2-19-14(18)12-6-10(3-4-13(12)16)20-11-5-9(15)7-17-8-11/h3-8H,2,16H2,1H3. The van der Waals surface area contributed by atoms with Crippen LogP contribution in [0, 0.1) is 0 Å². The Hall–Kier alpha value is -2.08. The van der Waals surface area contributed by atoms with Gasteiger partial charge in [-0.25, -0.2) is 4.79 Å². The fourth-order valence-electron chi connectivity index (χ4n) is 1.57. The summed E-state index contributed by atoms with van der Waals surface area (Å²) in [7, 11) is 0. The number of hydrogen-bond donors (Lipinski definition) is 1. The fraction of sp³-hybridized carbons (Fsp3) is 0.143. The first kappa shape index (κ1) is 14.3. The fourth-order valence-corrected chi connectivity index (χ4v) is 1.91. The highest BCUT2D eigenvalue weighted by Crippen LogP contribution is 2.26. The Morgan fingerprint density at radius 1 is 1.30 bits per heavy atom. The van der Waals surface area contributed by atoms with E-state index in [2.05, 4.69) is 20.9 Å². The summed E-state index contributed by atoms with van der Waals surface area (Å²) in [6, 6.07) is 6.60. The normalized spacial score (nSPS) is 10.1. The molecule has 0 spiro atoms. The van der Waals surface area contributed by atoms with Crippen LogP contribution in [0.25, 0.3) is 0 Å². The molecule has 2 N–H and O–H groups in total. The molecule has 0 saturated carbocycles. The Labute approximate surface area is 124 Å². The number of anilines is 1.